The molecule has 0 atom stereocenters. The molecule has 0 bridgehead atoms. The lowest BCUT2D eigenvalue weighted by Gasteiger charge is -2.45. The van der Waals surface area contributed by atoms with E-state index in [1.54, 1.807) is 0 Å². The molecule has 0 radical (unpaired) electrons. The quantitative estimate of drug-likeness (QED) is 0.507. The van der Waals surface area contributed by atoms with Crippen molar-refractivity contribution >= 4 is 21.8 Å². The molecule has 18 heavy (non-hydrogen) atoms. The van der Waals surface area contributed by atoms with Crippen molar-refractivity contribution in [3.63, 3.8) is 0 Å². The van der Waals surface area contributed by atoms with Crippen LogP contribution in [0.15, 0.2) is 28.7 Å². The number of amides is 1. The molecule has 1 aliphatic carbocycles. The summed E-state index contributed by atoms with van der Waals surface area (Å²) in [7, 11) is 0. The van der Waals surface area contributed by atoms with Crippen LogP contribution in [0.4, 0.5) is 0 Å². The Balaban J connectivity index is 2.25. The van der Waals surface area contributed by atoms with Crippen LogP contribution in [0.5, 0.6) is 0 Å². The highest BCUT2D eigenvalue weighted by atomic mass is 79.9. The first kappa shape index (κ1) is 13.5. The van der Waals surface area contributed by atoms with Gasteiger partial charge < -0.3 is 4.74 Å². The summed E-state index contributed by atoms with van der Waals surface area (Å²) in [5.74, 6) is 5.17. The Bertz CT molecular complexity index is 444. The van der Waals surface area contributed by atoms with Crippen molar-refractivity contribution in [3.8, 4) is 0 Å². The minimum absolute atomic E-state index is 0.142. The number of halogens is 1. The average Bonchev–Trinajstić information content (AvgIpc) is 2.32. The first-order valence-corrected chi connectivity index (χ1v) is 6.80. The number of ether oxygens (including phenoxy) is 1. The molecule has 1 fully saturated rings. The van der Waals surface area contributed by atoms with E-state index in [2.05, 4.69) is 21.4 Å². The monoisotopic (exact) mass is 312 g/mol. The third-order valence-corrected chi connectivity index (χ3v) is 3.99. The van der Waals surface area contributed by atoms with Crippen LogP contribution in [0.2, 0.25) is 0 Å². The number of nitrogens with two attached hydrogens (primary N) is 1. The largest absolute Gasteiger partial charge is 0.378 e. The Morgan fingerprint density at radius 3 is 2.89 bits per heavy atom. The molecule has 1 aromatic carbocycles. The van der Waals surface area contributed by atoms with Gasteiger partial charge in [0.05, 0.1) is 11.5 Å². The van der Waals surface area contributed by atoms with E-state index in [4.69, 9.17) is 10.6 Å². The van der Waals surface area contributed by atoms with Gasteiger partial charge in [0.25, 0.3) is 0 Å². The van der Waals surface area contributed by atoms with Crippen LogP contribution in [0.25, 0.3) is 0 Å². The molecule has 0 aliphatic heterocycles. The summed E-state index contributed by atoms with van der Waals surface area (Å²) in [5, 5.41) is 0. The smallest absolute Gasteiger partial charge is 0.244 e. The lowest BCUT2D eigenvalue weighted by molar-refractivity contribution is -0.138. The number of hydrogen-bond acceptors (Lipinski definition) is 3. The van der Waals surface area contributed by atoms with Crippen LogP contribution in [0.1, 0.15) is 25.3 Å². The zero-order chi connectivity index (χ0) is 13.2. The molecule has 1 amide bonds. The van der Waals surface area contributed by atoms with E-state index in [1.165, 1.54) is 0 Å². The van der Waals surface area contributed by atoms with Gasteiger partial charge in [-0.2, -0.15) is 0 Å². The zero-order valence-electron chi connectivity index (χ0n) is 10.3. The topological polar surface area (TPSA) is 64.3 Å². The fourth-order valence-electron chi connectivity index (χ4n) is 2.55. The van der Waals surface area contributed by atoms with Crippen molar-refractivity contribution in [3.05, 3.63) is 34.3 Å². The van der Waals surface area contributed by atoms with Gasteiger partial charge >= 0.3 is 0 Å². The third-order valence-electron chi connectivity index (χ3n) is 3.50. The molecule has 0 heterocycles. The Morgan fingerprint density at radius 2 is 2.33 bits per heavy atom. The summed E-state index contributed by atoms with van der Waals surface area (Å²) >= 11 is 3.43. The van der Waals surface area contributed by atoms with E-state index in [9.17, 15) is 4.79 Å². The predicted octanol–water partition coefficient (Wildman–Crippen LogP) is 1.88. The highest BCUT2D eigenvalue weighted by Crippen LogP contribution is 2.46. The highest BCUT2D eigenvalue weighted by Gasteiger charge is 2.51. The first-order chi connectivity index (χ1) is 8.62. The Labute approximate surface area is 115 Å². The van der Waals surface area contributed by atoms with Crippen molar-refractivity contribution in [1.82, 2.24) is 5.43 Å². The van der Waals surface area contributed by atoms with Crippen molar-refractivity contribution < 1.29 is 9.53 Å². The van der Waals surface area contributed by atoms with Crippen molar-refractivity contribution in [2.45, 2.75) is 31.3 Å². The average molecular weight is 313 g/mol. The maximum atomic E-state index is 12.1. The third kappa shape index (κ3) is 2.30. The number of carbonyl (C=O) groups excluding carboxylic acids is 1. The molecule has 4 nitrogen and oxygen atoms in total. The van der Waals surface area contributed by atoms with Crippen LogP contribution in [-0.4, -0.2) is 18.6 Å². The molecule has 3 N–H and O–H groups in total. The number of rotatable bonds is 4. The molecular weight excluding hydrogens is 296 g/mol. The molecule has 0 saturated heterocycles. The van der Waals surface area contributed by atoms with Crippen LogP contribution >= 0.6 is 15.9 Å². The highest BCUT2D eigenvalue weighted by molar-refractivity contribution is 9.10. The fourth-order valence-corrected chi connectivity index (χ4v) is 2.95. The summed E-state index contributed by atoms with van der Waals surface area (Å²) in [5.41, 5.74) is 2.72. The lowest BCUT2D eigenvalue weighted by atomic mass is 9.62. The number of hydrazine groups is 1. The van der Waals surface area contributed by atoms with Crippen LogP contribution in [0.3, 0.4) is 0 Å². The van der Waals surface area contributed by atoms with Crippen LogP contribution in [-0.2, 0) is 14.9 Å². The van der Waals surface area contributed by atoms with E-state index >= 15 is 0 Å². The molecule has 1 saturated carbocycles. The molecule has 98 valence electrons. The normalized spacial score (nSPS) is 26.5. The van der Waals surface area contributed by atoms with Gasteiger partial charge in [-0.15, -0.1) is 0 Å². The van der Waals surface area contributed by atoms with E-state index in [0.717, 1.165) is 10.0 Å². The Kier molecular flexibility index (Phi) is 4.04. The van der Waals surface area contributed by atoms with Crippen LogP contribution < -0.4 is 11.3 Å². The summed E-state index contributed by atoms with van der Waals surface area (Å²) in [6.07, 6.45) is 1.51. The molecular formula is C13H17BrN2O2. The van der Waals surface area contributed by atoms with Gasteiger partial charge in [-0.1, -0.05) is 28.1 Å². The predicted molar refractivity (Wildman–Crippen MR) is 72.8 cm³/mol. The van der Waals surface area contributed by atoms with Gasteiger partial charge in [-0.3, -0.25) is 10.2 Å². The Hall–Kier alpha value is -0.910. The minimum Gasteiger partial charge on any atom is -0.378 e. The second-order valence-corrected chi connectivity index (χ2v) is 5.47. The summed E-state index contributed by atoms with van der Waals surface area (Å²) in [4.78, 5) is 12.1. The zero-order valence-corrected chi connectivity index (χ0v) is 11.9. The van der Waals surface area contributed by atoms with Crippen molar-refractivity contribution in [2.75, 3.05) is 6.61 Å². The molecule has 1 aliphatic rings. The van der Waals surface area contributed by atoms with Crippen molar-refractivity contribution in [1.29, 1.82) is 0 Å². The first-order valence-electron chi connectivity index (χ1n) is 6.01. The van der Waals surface area contributed by atoms with Gasteiger partial charge in [0, 0.05) is 11.1 Å². The van der Waals surface area contributed by atoms with Gasteiger partial charge in [0.2, 0.25) is 5.91 Å². The van der Waals surface area contributed by atoms with Gasteiger partial charge in [-0.25, -0.2) is 5.84 Å². The SMILES string of the molecule is CCO[C@H]1C[C@@](C(=O)NN)(c2cccc(Br)c2)C1. The lowest BCUT2D eigenvalue weighted by Crippen LogP contribution is -2.57. The minimum atomic E-state index is -0.543. The van der Waals surface area contributed by atoms with Gasteiger partial charge in [0.1, 0.15) is 0 Å². The summed E-state index contributed by atoms with van der Waals surface area (Å²) < 4.78 is 6.51. The number of hydrogen-bond donors (Lipinski definition) is 2. The number of carbonyl (C=O) groups is 1. The molecule has 0 spiro atoms. The number of benzene rings is 1. The standard InChI is InChI=1S/C13H17BrN2O2/c1-2-18-11-7-13(8-11,12(17)16-15)9-4-3-5-10(14)6-9/h3-6,11H,2,7-8,15H2,1H3,(H,16,17)/t11-,13-. The maximum absolute atomic E-state index is 12.1. The van der Waals surface area contributed by atoms with E-state index in [0.29, 0.717) is 19.4 Å². The van der Waals surface area contributed by atoms with Crippen LogP contribution in [0, 0.1) is 0 Å². The van der Waals surface area contributed by atoms with E-state index in [-0.39, 0.29) is 12.0 Å². The van der Waals surface area contributed by atoms with E-state index < -0.39 is 5.41 Å². The maximum Gasteiger partial charge on any atom is 0.244 e. The van der Waals surface area contributed by atoms with Gasteiger partial charge in [0.15, 0.2) is 0 Å². The second-order valence-electron chi connectivity index (χ2n) is 4.55. The second kappa shape index (κ2) is 5.38. The summed E-state index contributed by atoms with van der Waals surface area (Å²) in [6, 6.07) is 7.80. The molecule has 0 aromatic heterocycles. The van der Waals surface area contributed by atoms with Gasteiger partial charge in [-0.05, 0) is 37.5 Å². The summed E-state index contributed by atoms with van der Waals surface area (Å²) in [6.45, 7) is 2.63. The molecule has 1 aromatic rings. The number of nitrogens with one attached hydrogen (secondary N) is 1. The Morgan fingerprint density at radius 1 is 1.61 bits per heavy atom. The fraction of sp³-hybridized carbons (Fsp3) is 0.462. The van der Waals surface area contributed by atoms with E-state index in [1.807, 2.05) is 31.2 Å². The molecule has 2 rings (SSSR count). The molecule has 0 unspecified atom stereocenters. The molecule has 5 heteroatoms. The van der Waals surface area contributed by atoms with Crippen molar-refractivity contribution in [2.24, 2.45) is 5.84 Å².